The van der Waals surface area contributed by atoms with Crippen molar-refractivity contribution < 1.29 is 31.1 Å². The molecule has 4 aromatic rings. The molecule has 0 atom stereocenters. The average molecular weight is 517 g/mol. The van der Waals surface area contributed by atoms with E-state index in [1.54, 1.807) is 30.3 Å². The van der Waals surface area contributed by atoms with E-state index in [1.807, 2.05) is 6.92 Å². The van der Waals surface area contributed by atoms with Crippen LogP contribution in [0.3, 0.4) is 0 Å². The Morgan fingerprint density at radius 3 is 1.97 bits per heavy atom. The van der Waals surface area contributed by atoms with E-state index in [4.69, 9.17) is 0 Å². The molecule has 4 aromatic carbocycles. The van der Waals surface area contributed by atoms with Gasteiger partial charge in [0.2, 0.25) is 0 Å². The molecule has 0 aliphatic rings. The predicted octanol–water partition coefficient (Wildman–Crippen LogP) is 8.52. The normalized spacial score (nSPS) is 11.5. The summed E-state index contributed by atoms with van der Waals surface area (Å²) in [5, 5.41) is 1.08. The maximum atomic E-state index is 15.2. The number of alkyl halides is 2. The van der Waals surface area contributed by atoms with E-state index in [0.29, 0.717) is 46.7 Å². The van der Waals surface area contributed by atoms with Gasteiger partial charge in [-0.25, -0.2) is 17.6 Å². The number of benzene rings is 4. The molecule has 37 heavy (non-hydrogen) atoms. The smallest absolute Gasteiger partial charge is 0.387 e. The van der Waals surface area contributed by atoms with Crippen molar-refractivity contribution in [3.8, 4) is 5.75 Å². The largest absolute Gasteiger partial charge is 0.432 e. The van der Waals surface area contributed by atoms with Crippen LogP contribution in [-0.4, -0.2) is 6.61 Å². The van der Waals surface area contributed by atoms with E-state index >= 15 is 4.39 Å². The van der Waals surface area contributed by atoms with Gasteiger partial charge >= 0.3 is 6.61 Å². The molecule has 0 aliphatic heterocycles. The fourth-order valence-corrected chi connectivity index (χ4v) is 4.50. The summed E-state index contributed by atoms with van der Waals surface area (Å²) >= 11 is 0. The van der Waals surface area contributed by atoms with Gasteiger partial charge in [0.25, 0.3) is 0 Å². The van der Waals surface area contributed by atoms with Crippen molar-refractivity contribution in [1.29, 1.82) is 0 Å². The molecule has 0 unspecified atom stereocenters. The van der Waals surface area contributed by atoms with Crippen LogP contribution in [0.15, 0.2) is 60.7 Å². The molecular formula is C30H26F6O. The molecule has 194 valence electrons. The molecule has 7 heteroatoms. The van der Waals surface area contributed by atoms with Crippen LogP contribution in [0.25, 0.3) is 10.8 Å². The molecule has 0 N–H and O–H groups in total. The van der Waals surface area contributed by atoms with E-state index < -0.39 is 35.6 Å². The van der Waals surface area contributed by atoms with E-state index in [-0.39, 0.29) is 18.4 Å². The Kier molecular flexibility index (Phi) is 8.41. The first-order valence-electron chi connectivity index (χ1n) is 12.1. The number of rotatable bonds is 10. The van der Waals surface area contributed by atoms with Gasteiger partial charge in [0.05, 0.1) is 0 Å². The molecular weight excluding hydrogens is 490 g/mol. The monoisotopic (exact) mass is 516 g/mol. The van der Waals surface area contributed by atoms with Gasteiger partial charge in [-0.1, -0.05) is 49.7 Å². The van der Waals surface area contributed by atoms with Crippen molar-refractivity contribution in [1.82, 2.24) is 0 Å². The van der Waals surface area contributed by atoms with Gasteiger partial charge < -0.3 is 4.74 Å². The molecule has 0 saturated carbocycles. The maximum absolute atomic E-state index is 15.2. The average Bonchev–Trinajstić information content (AvgIpc) is 2.84. The number of hydrogen-bond donors (Lipinski definition) is 0. The van der Waals surface area contributed by atoms with Gasteiger partial charge in [-0.05, 0) is 84.0 Å². The zero-order valence-electron chi connectivity index (χ0n) is 20.3. The summed E-state index contributed by atoms with van der Waals surface area (Å²) in [5.41, 5.74) is 2.48. The fraction of sp³-hybridized carbons (Fsp3) is 0.267. The van der Waals surface area contributed by atoms with Gasteiger partial charge in [0.15, 0.2) is 11.6 Å². The molecule has 0 saturated heterocycles. The lowest BCUT2D eigenvalue weighted by molar-refractivity contribution is -0.0522. The highest BCUT2D eigenvalue weighted by Gasteiger charge is 2.14. The first kappa shape index (κ1) is 26.6. The van der Waals surface area contributed by atoms with Crippen LogP contribution in [0.4, 0.5) is 26.3 Å². The van der Waals surface area contributed by atoms with Crippen LogP contribution >= 0.6 is 0 Å². The second kappa shape index (κ2) is 11.7. The number of halogens is 6. The summed E-state index contributed by atoms with van der Waals surface area (Å²) in [6.45, 7) is -1.17. The zero-order valence-corrected chi connectivity index (χ0v) is 20.3. The van der Waals surface area contributed by atoms with Crippen molar-refractivity contribution in [3.05, 3.63) is 112 Å². The summed E-state index contributed by atoms with van der Waals surface area (Å²) in [6.07, 6.45) is 2.60. The van der Waals surface area contributed by atoms with Crippen LogP contribution in [0.2, 0.25) is 0 Å². The Labute approximate surface area is 211 Å². The first-order valence-corrected chi connectivity index (χ1v) is 12.1. The Morgan fingerprint density at radius 1 is 0.649 bits per heavy atom. The second-order valence-corrected chi connectivity index (χ2v) is 9.03. The van der Waals surface area contributed by atoms with Crippen LogP contribution in [-0.2, 0) is 32.1 Å². The van der Waals surface area contributed by atoms with Crippen molar-refractivity contribution in [2.45, 2.75) is 52.1 Å². The van der Waals surface area contributed by atoms with Crippen LogP contribution in [0.5, 0.6) is 5.75 Å². The predicted molar refractivity (Wildman–Crippen MR) is 132 cm³/mol. The van der Waals surface area contributed by atoms with Gasteiger partial charge in [-0.15, -0.1) is 0 Å². The van der Waals surface area contributed by atoms with Crippen LogP contribution in [0.1, 0.15) is 41.2 Å². The van der Waals surface area contributed by atoms with E-state index in [1.165, 1.54) is 18.2 Å². The molecule has 0 heterocycles. The maximum Gasteiger partial charge on any atom is 0.387 e. The molecule has 0 fully saturated rings. The first-order chi connectivity index (χ1) is 17.7. The molecule has 0 aliphatic carbocycles. The lowest BCUT2D eigenvalue weighted by atomic mass is 9.96. The third kappa shape index (κ3) is 6.45. The minimum atomic E-state index is -3.12. The Balaban J connectivity index is 1.44. The lowest BCUT2D eigenvalue weighted by Gasteiger charge is -2.11. The van der Waals surface area contributed by atoms with E-state index in [9.17, 15) is 22.0 Å². The molecule has 0 aromatic heterocycles. The summed E-state index contributed by atoms with van der Waals surface area (Å²) in [5.74, 6) is -2.93. The van der Waals surface area contributed by atoms with Crippen molar-refractivity contribution in [2.24, 2.45) is 0 Å². The third-order valence-electron chi connectivity index (χ3n) is 6.40. The highest BCUT2D eigenvalue weighted by Crippen LogP contribution is 2.26. The van der Waals surface area contributed by atoms with Gasteiger partial charge in [-0.3, -0.25) is 0 Å². The topological polar surface area (TPSA) is 9.23 Å². The van der Waals surface area contributed by atoms with Crippen molar-refractivity contribution in [2.75, 3.05) is 0 Å². The SMILES string of the molecule is CCCc1cc(F)c(CCc2ccc3c(F)c(CCc4ccc(OC(F)F)c(F)c4)ccc3c2)c(F)c1. The number of hydrogen-bond acceptors (Lipinski definition) is 1. The van der Waals surface area contributed by atoms with Crippen LogP contribution < -0.4 is 4.74 Å². The zero-order chi connectivity index (χ0) is 26.5. The molecule has 0 amide bonds. The highest BCUT2D eigenvalue weighted by atomic mass is 19.3. The molecule has 4 rings (SSSR count). The van der Waals surface area contributed by atoms with Gasteiger partial charge in [0.1, 0.15) is 17.5 Å². The Morgan fingerprint density at radius 2 is 1.30 bits per heavy atom. The quantitative estimate of drug-likeness (QED) is 0.192. The fourth-order valence-electron chi connectivity index (χ4n) is 4.50. The summed E-state index contributed by atoms with van der Waals surface area (Å²) < 4.78 is 86.7. The highest BCUT2D eigenvalue weighted by molar-refractivity contribution is 5.84. The third-order valence-corrected chi connectivity index (χ3v) is 6.40. The minimum absolute atomic E-state index is 0.0479. The molecule has 0 radical (unpaired) electrons. The summed E-state index contributed by atoms with van der Waals surface area (Å²) in [7, 11) is 0. The Bertz CT molecular complexity index is 1380. The van der Waals surface area contributed by atoms with Crippen molar-refractivity contribution in [3.63, 3.8) is 0 Å². The van der Waals surface area contributed by atoms with Gasteiger partial charge in [0, 0.05) is 10.9 Å². The standard InChI is InChI=1S/C30H26F6O/c1-2-3-20-16-25(31)24(26(32)17-20)12-6-18-5-11-23-22(14-18)10-9-21(29(23)34)8-4-19-7-13-28(27(33)15-19)37-30(35)36/h5,7,9-11,13-17,30H,2-4,6,8,12H2,1H3. The molecule has 0 spiro atoms. The minimum Gasteiger partial charge on any atom is -0.432 e. The lowest BCUT2D eigenvalue weighted by Crippen LogP contribution is -2.04. The van der Waals surface area contributed by atoms with E-state index in [2.05, 4.69) is 4.74 Å². The van der Waals surface area contributed by atoms with E-state index in [0.717, 1.165) is 24.1 Å². The second-order valence-electron chi connectivity index (χ2n) is 9.03. The number of ether oxygens (including phenoxy) is 1. The molecule has 1 nitrogen and oxygen atoms in total. The van der Waals surface area contributed by atoms with Gasteiger partial charge in [-0.2, -0.15) is 8.78 Å². The number of fused-ring (bicyclic) bond motifs is 1. The summed E-state index contributed by atoms with van der Waals surface area (Å²) in [6, 6.07) is 15.1. The van der Waals surface area contributed by atoms with Crippen molar-refractivity contribution >= 4 is 10.8 Å². The Hall–Kier alpha value is -3.48. The molecule has 0 bridgehead atoms. The number of aryl methyl sites for hydroxylation is 4. The summed E-state index contributed by atoms with van der Waals surface area (Å²) in [4.78, 5) is 0. The van der Waals surface area contributed by atoms with Crippen LogP contribution in [0, 0.1) is 23.3 Å².